The van der Waals surface area contributed by atoms with Crippen LogP contribution in [0, 0.1) is 0 Å². The molecule has 5 rings (SSSR count). The first-order valence-corrected chi connectivity index (χ1v) is 12.5. The lowest BCUT2D eigenvalue weighted by Crippen LogP contribution is -2.43. The van der Waals surface area contributed by atoms with Gasteiger partial charge in [0.25, 0.3) is 5.91 Å². The number of nitrogens with one attached hydrogen (secondary N) is 2. The number of carbonyl (C=O) groups excluding carboxylic acids is 2. The fourth-order valence-electron chi connectivity index (χ4n) is 4.84. The summed E-state index contributed by atoms with van der Waals surface area (Å²) in [5.41, 5.74) is 6.25. The van der Waals surface area contributed by atoms with Gasteiger partial charge in [-0.05, 0) is 55.3 Å². The molecule has 0 bridgehead atoms. The molecule has 3 aromatic rings. The van der Waals surface area contributed by atoms with Crippen molar-refractivity contribution in [3.63, 3.8) is 0 Å². The van der Waals surface area contributed by atoms with Gasteiger partial charge in [0.2, 0.25) is 5.91 Å². The summed E-state index contributed by atoms with van der Waals surface area (Å²) in [6.07, 6.45) is 4.68. The normalized spacial score (nSPS) is 16.5. The van der Waals surface area contributed by atoms with Gasteiger partial charge in [-0.1, -0.05) is 24.6 Å². The standard InChI is InChI=1S/C29H31N5O3/c1-34(2)29(36)22-14-18(11-12-23(22)33-28(35)24-9-6-7-13-30-24)19-15-21-25(31-16-19)17-32-27(21)20-8-4-5-10-26(20)37-3/h4-5,8,10-12,14-16,24,30H,6-7,9,13,17H2,1-3H3,(H,33,35)/t24-/m1/s1. The van der Waals surface area contributed by atoms with Crippen LogP contribution in [0.2, 0.25) is 0 Å². The van der Waals surface area contributed by atoms with Crippen molar-refractivity contribution in [2.75, 3.05) is 33.1 Å². The van der Waals surface area contributed by atoms with Crippen molar-refractivity contribution >= 4 is 23.2 Å². The number of amides is 2. The van der Waals surface area contributed by atoms with Gasteiger partial charge in [0, 0.05) is 37.0 Å². The first kappa shape index (κ1) is 24.6. The highest BCUT2D eigenvalue weighted by atomic mass is 16.5. The fraction of sp³-hybridized carbons (Fsp3) is 0.310. The lowest BCUT2D eigenvalue weighted by atomic mass is 9.97. The summed E-state index contributed by atoms with van der Waals surface area (Å²) in [5, 5.41) is 6.24. The van der Waals surface area contributed by atoms with E-state index >= 15 is 0 Å². The Morgan fingerprint density at radius 1 is 1.05 bits per heavy atom. The number of pyridine rings is 1. The number of hydrogen-bond donors (Lipinski definition) is 2. The quantitative estimate of drug-likeness (QED) is 0.539. The minimum atomic E-state index is -0.246. The summed E-state index contributed by atoms with van der Waals surface area (Å²) >= 11 is 0. The molecule has 2 aromatic carbocycles. The van der Waals surface area contributed by atoms with E-state index in [2.05, 4.69) is 21.7 Å². The SMILES string of the molecule is COc1ccccc1C1=NCc2ncc(-c3ccc(NC(=O)[C@H]4CCCCN4)c(C(=O)N(C)C)c3)cc21. The molecular formula is C29H31N5O3. The van der Waals surface area contributed by atoms with E-state index in [0.717, 1.165) is 65.2 Å². The van der Waals surface area contributed by atoms with Gasteiger partial charge in [-0.15, -0.1) is 0 Å². The van der Waals surface area contributed by atoms with Crippen molar-refractivity contribution in [3.8, 4) is 16.9 Å². The average Bonchev–Trinajstić information content (AvgIpc) is 3.36. The number of ether oxygens (including phenoxy) is 1. The van der Waals surface area contributed by atoms with E-state index in [4.69, 9.17) is 9.73 Å². The molecule has 0 aliphatic carbocycles. The van der Waals surface area contributed by atoms with Crippen molar-refractivity contribution in [3.05, 3.63) is 77.1 Å². The first-order valence-electron chi connectivity index (χ1n) is 12.5. The van der Waals surface area contributed by atoms with Gasteiger partial charge < -0.3 is 20.3 Å². The Morgan fingerprint density at radius 2 is 1.89 bits per heavy atom. The number of piperidine rings is 1. The number of rotatable bonds is 6. The number of aromatic nitrogens is 1. The van der Waals surface area contributed by atoms with Gasteiger partial charge >= 0.3 is 0 Å². The number of methoxy groups -OCH3 is 1. The van der Waals surface area contributed by atoms with E-state index < -0.39 is 0 Å². The Hall–Kier alpha value is -4.04. The molecule has 3 heterocycles. The van der Waals surface area contributed by atoms with Crippen molar-refractivity contribution in [1.29, 1.82) is 0 Å². The number of aliphatic imine (C=N–C) groups is 1. The lowest BCUT2D eigenvalue weighted by Gasteiger charge is -2.23. The van der Waals surface area contributed by atoms with Crippen molar-refractivity contribution in [2.24, 2.45) is 4.99 Å². The average molecular weight is 498 g/mol. The third kappa shape index (κ3) is 4.97. The van der Waals surface area contributed by atoms with Crippen LogP contribution in [0.5, 0.6) is 5.75 Å². The van der Waals surface area contributed by atoms with Crippen LogP contribution in [0.15, 0.2) is 59.7 Å². The Balaban J connectivity index is 1.49. The predicted octanol–water partition coefficient (Wildman–Crippen LogP) is 3.89. The summed E-state index contributed by atoms with van der Waals surface area (Å²) in [6, 6.07) is 15.2. The summed E-state index contributed by atoms with van der Waals surface area (Å²) < 4.78 is 5.56. The number of fused-ring (bicyclic) bond motifs is 1. The summed E-state index contributed by atoms with van der Waals surface area (Å²) in [4.78, 5) is 36.9. The number of carbonyl (C=O) groups is 2. The monoisotopic (exact) mass is 497 g/mol. The van der Waals surface area contributed by atoms with E-state index in [-0.39, 0.29) is 17.9 Å². The molecule has 2 aliphatic heterocycles. The second-order valence-corrected chi connectivity index (χ2v) is 9.54. The molecule has 0 saturated carbocycles. The van der Waals surface area contributed by atoms with E-state index in [1.165, 1.54) is 4.90 Å². The van der Waals surface area contributed by atoms with Crippen LogP contribution in [-0.4, -0.2) is 61.2 Å². The molecule has 37 heavy (non-hydrogen) atoms. The highest BCUT2D eigenvalue weighted by Gasteiger charge is 2.25. The highest BCUT2D eigenvalue weighted by molar-refractivity contribution is 6.16. The van der Waals surface area contributed by atoms with E-state index in [0.29, 0.717) is 17.8 Å². The van der Waals surface area contributed by atoms with Crippen LogP contribution in [0.4, 0.5) is 5.69 Å². The number of hydrogen-bond acceptors (Lipinski definition) is 6. The maximum Gasteiger partial charge on any atom is 0.255 e. The van der Waals surface area contributed by atoms with Gasteiger partial charge in [-0.25, -0.2) is 0 Å². The third-order valence-electron chi connectivity index (χ3n) is 6.85. The van der Waals surface area contributed by atoms with E-state index in [9.17, 15) is 9.59 Å². The third-order valence-corrected chi connectivity index (χ3v) is 6.85. The minimum Gasteiger partial charge on any atom is -0.496 e. The molecule has 2 amide bonds. The smallest absolute Gasteiger partial charge is 0.255 e. The van der Waals surface area contributed by atoms with Gasteiger partial charge in [-0.3, -0.25) is 19.6 Å². The minimum absolute atomic E-state index is 0.114. The Kier molecular flexibility index (Phi) is 7.01. The number of nitrogens with zero attached hydrogens (tertiary/aromatic N) is 3. The Bertz CT molecular complexity index is 1380. The molecule has 0 spiro atoms. The topological polar surface area (TPSA) is 95.9 Å². The Morgan fingerprint density at radius 3 is 2.65 bits per heavy atom. The van der Waals surface area contributed by atoms with Gasteiger partial charge in [0.05, 0.1) is 42.4 Å². The van der Waals surface area contributed by atoms with Crippen molar-refractivity contribution in [2.45, 2.75) is 31.8 Å². The molecule has 0 unspecified atom stereocenters. The molecule has 1 fully saturated rings. The molecule has 8 nitrogen and oxygen atoms in total. The van der Waals surface area contributed by atoms with E-state index in [1.807, 2.05) is 42.6 Å². The molecule has 190 valence electrons. The maximum atomic E-state index is 13.1. The number of benzene rings is 2. The summed E-state index contributed by atoms with van der Waals surface area (Å²) in [6.45, 7) is 1.33. The van der Waals surface area contributed by atoms with Crippen molar-refractivity contribution < 1.29 is 14.3 Å². The van der Waals surface area contributed by atoms with Gasteiger partial charge in [0.1, 0.15) is 5.75 Å². The first-order chi connectivity index (χ1) is 18.0. The highest BCUT2D eigenvalue weighted by Crippen LogP contribution is 2.32. The summed E-state index contributed by atoms with van der Waals surface area (Å²) in [5.74, 6) is 0.460. The molecule has 2 N–H and O–H groups in total. The van der Waals surface area contributed by atoms with Crippen LogP contribution < -0.4 is 15.4 Å². The van der Waals surface area contributed by atoms with Crippen LogP contribution in [0.25, 0.3) is 11.1 Å². The number of anilines is 1. The van der Waals surface area contributed by atoms with Crippen molar-refractivity contribution in [1.82, 2.24) is 15.2 Å². The maximum absolute atomic E-state index is 13.1. The molecule has 1 saturated heterocycles. The van der Waals surface area contributed by atoms with Crippen LogP contribution in [-0.2, 0) is 11.3 Å². The second-order valence-electron chi connectivity index (χ2n) is 9.54. The molecule has 8 heteroatoms. The zero-order chi connectivity index (χ0) is 25.9. The largest absolute Gasteiger partial charge is 0.496 e. The lowest BCUT2D eigenvalue weighted by molar-refractivity contribution is -0.118. The molecule has 2 aliphatic rings. The van der Waals surface area contributed by atoms with Crippen LogP contribution in [0.1, 0.15) is 46.4 Å². The fourth-order valence-corrected chi connectivity index (χ4v) is 4.84. The molecule has 0 radical (unpaired) electrons. The Labute approximate surface area is 216 Å². The van der Waals surface area contributed by atoms with Crippen LogP contribution in [0.3, 0.4) is 0 Å². The second kappa shape index (κ2) is 10.5. The predicted molar refractivity (Wildman–Crippen MR) is 144 cm³/mol. The van der Waals surface area contributed by atoms with Crippen LogP contribution >= 0.6 is 0 Å². The number of para-hydroxylation sites is 1. The zero-order valence-corrected chi connectivity index (χ0v) is 21.4. The molecule has 1 aromatic heterocycles. The zero-order valence-electron chi connectivity index (χ0n) is 21.4. The van der Waals surface area contributed by atoms with Gasteiger partial charge in [-0.2, -0.15) is 0 Å². The molecular weight excluding hydrogens is 466 g/mol. The van der Waals surface area contributed by atoms with E-state index in [1.54, 1.807) is 27.3 Å². The molecule has 1 atom stereocenters. The van der Waals surface area contributed by atoms with Gasteiger partial charge in [0.15, 0.2) is 0 Å². The summed E-state index contributed by atoms with van der Waals surface area (Å²) in [7, 11) is 5.06.